The van der Waals surface area contributed by atoms with E-state index in [1.165, 1.54) is 5.56 Å². The minimum absolute atomic E-state index is 0.0142. The van der Waals surface area contributed by atoms with Crippen LogP contribution in [-0.2, 0) is 16.0 Å². The third kappa shape index (κ3) is 1.78. The van der Waals surface area contributed by atoms with Crippen molar-refractivity contribution in [3.63, 3.8) is 0 Å². The molecule has 3 heteroatoms. The Morgan fingerprint density at radius 2 is 2.35 bits per heavy atom. The van der Waals surface area contributed by atoms with E-state index in [4.69, 9.17) is 4.74 Å². The maximum Gasteiger partial charge on any atom is 0.147 e. The Bertz CT molecular complexity index is 444. The van der Waals surface area contributed by atoms with Crippen molar-refractivity contribution < 1.29 is 9.53 Å². The van der Waals surface area contributed by atoms with Gasteiger partial charge in [0, 0.05) is 18.7 Å². The number of nitrogens with zero attached hydrogens (tertiary/aromatic N) is 1. The summed E-state index contributed by atoms with van der Waals surface area (Å²) < 4.78 is 5.49. The van der Waals surface area contributed by atoms with E-state index in [1.807, 2.05) is 13.0 Å². The first kappa shape index (κ1) is 10.9. The molecule has 3 rings (SSSR count). The zero-order valence-corrected chi connectivity index (χ0v) is 10.1. The van der Waals surface area contributed by atoms with Crippen LogP contribution in [0.3, 0.4) is 0 Å². The fourth-order valence-corrected chi connectivity index (χ4v) is 3.05. The summed E-state index contributed by atoms with van der Waals surface area (Å²) in [6, 6.07) is 4.04. The first-order valence-electron chi connectivity index (χ1n) is 6.36. The van der Waals surface area contributed by atoms with Gasteiger partial charge in [-0.15, -0.1) is 0 Å². The summed E-state index contributed by atoms with van der Waals surface area (Å²) in [7, 11) is 0. The second kappa shape index (κ2) is 4.22. The Labute approximate surface area is 101 Å². The second-order valence-electron chi connectivity index (χ2n) is 5.01. The number of aromatic nitrogens is 1. The first-order valence-corrected chi connectivity index (χ1v) is 6.36. The number of fused-ring (bicyclic) bond motifs is 1. The van der Waals surface area contributed by atoms with Gasteiger partial charge in [0.25, 0.3) is 0 Å². The van der Waals surface area contributed by atoms with Gasteiger partial charge in [0.15, 0.2) is 0 Å². The molecule has 1 aliphatic carbocycles. The lowest BCUT2D eigenvalue weighted by atomic mass is 9.87. The molecule has 0 N–H and O–H groups in total. The zero-order valence-electron chi connectivity index (χ0n) is 10.1. The quantitative estimate of drug-likeness (QED) is 0.782. The lowest BCUT2D eigenvalue weighted by Gasteiger charge is -2.17. The number of ketones is 1. The Morgan fingerprint density at radius 1 is 1.47 bits per heavy atom. The minimum Gasteiger partial charge on any atom is -0.378 e. The van der Waals surface area contributed by atoms with Gasteiger partial charge in [0.1, 0.15) is 5.78 Å². The summed E-state index contributed by atoms with van der Waals surface area (Å²) in [4.78, 5) is 16.9. The van der Waals surface area contributed by atoms with Crippen molar-refractivity contribution in [1.82, 2.24) is 4.98 Å². The maximum absolute atomic E-state index is 12.5. The number of hydrogen-bond acceptors (Lipinski definition) is 3. The summed E-state index contributed by atoms with van der Waals surface area (Å²) in [6.07, 6.45) is 4.66. The van der Waals surface area contributed by atoms with E-state index in [0.717, 1.165) is 31.6 Å². The van der Waals surface area contributed by atoms with Crippen molar-refractivity contribution in [3.05, 3.63) is 29.6 Å². The van der Waals surface area contributed by atoms with E-state index in [0.29, 0.717) is 5.78 Å². The van der Waals surface area contributed by atoms with E-state index in [-0.39, 0.29) is 17.9 Å². The standard InChI is InChI=1S/C14H17NO2/c1-9-11(6-8-17-9)14(16)12-5-4-10-3-2-7-15-13(10)12/h2-3,7,9,11-12H,4-6,8H2,1H3. The third-order valence-electron chi connectivity index (χ3n) is 4.04. The van der Waals surface area contributed by atoms with Gasteiger partial charge in [-0.25, -0.2) is 0 Å². The minimum atomic E-state index is 0.0142. The molecule has 1 saturated heterocycles. The van der Waals surface area contributed by atoms with E-state index in [1.54, 1.807) is 6.20 Å². The third-order valence-corrected chi connectivity index (χ3v) is 4.04. The van der Waals surface area contributed by atoms with Crippen molar-refractivity contribution >= 4 is 5.78 Å². The molecule has 3 nitrogen and oxygen atoms in total. The van der Waals surface area contributed by atoms with Crippen LogP contribution >= 0.6 is 0 Å². The monoisotopic (exact) mass is 231 g/mol. The Morgan fingerprint density at radius 3 is 3.12 bits per heavy atom. The van der Waals surface area contributed by atoms with Gasteiger partial charge in [0.2, 0.25) is 0 Å². The highest BCUT2D eigenvalue weighted by Gasteiger charge is 2.38. The van der Waals surface area contributed by atoms with Crippen LogP contribution in [0.2, 0.25) is 0 Å². The molecule has 0 saturated carbocycles. The van der Waals surface area contributed by atoms with Crippen LogP contribution in [0.25, 0.3) is 0 Å². The summed E-state index contributed by atoms with van der Waals surface area (Å²) in [5.74, 6) is 0.431. The molecule has 0 radical (unpaired) electrons. The number of Topliss-reactive ketones (excluding diaryl/α,β-unsaturated/α-hetero) is 1. The Hall–Kier alpha value is -1.22. The highest BCUT2D eigenvalue weighted by Crippen LogP contribution is 2.36. The van der Waals surface area contributed by atoms with Crippen LogP contribution in [0.1, 0.15) is 36.9 Å². The highest BCUT2D eigenvalue weighted by molar-refractivity contribution is 5.89. The predicted octanol–water partition coefficient (Wildman–Crippen LogP) is 2.11. The van der Waals surface area contributed by atoms with Crippen LogP contribution in [0.5, 0.6) is 0 Å². The molecule has 1 fully saturated rings. The normalized spacial score (nSPS) is 31.5. The van der Waals surface area contributed by atoms with E-state index in [9.17, 15) is 4.79 Å². The molecule has 1 aromatic rings. The molecule has 3 atom stereocenters. The number of ether oxygens (including phenoxy) is 1. The number of pyridine rings is 1. The summed E-state index contributed by atoms with van der Waals surface area (Å²) in [6.45, 7) is 2.73. The highest BCUT2D eigenvalue weighted by atomic mass is 16.5. The molecule has 90 valence electrons. The van der Waals surface area contributed by atoms with Crippen molar-refractivity contribution in [1.29, 1.82) is 0 Å². The first-order chi connectivity index (χ1) is 8.27. The lowest BCUT2D eigenvalue weighted by molar-refractivity contribution is -0.125. The zero-order chi connectivity index (χ0) is 11.8. The molecule has 1 aliphatic heterocycles. The van der Waals surface area contributed by atoms with Crippen LogP contribution < -0.4 is 0 Å². The average Bonchev–Trinajstić information content (AvgIpc) is 2.94. The van der Waals surface area contributed by atoms with Crippen LogP contribution in [0, 0.1) is 5.92 Å². The predicted molar refractivity (Wildman–Crippen MR) is 63.8 cm³/mol. The van der Waals surface area contributed by atoms with Gasteiger partial charge in [-0.05, 0) is 37.8 Å². The number of hydrogen-bond donors (Lipinski definition) is 0. The smallest absolute Gasteiger partial charge is 0.147 e. The van der Waals surface area contributed by atoms with Gasteiger partial charge in [-0.2, -0.15) is 0 Å². The van der Waals surface area contributed by atoms with E-state index < -0.39 is 0 Å². The van der Waals surface area contributed by atoms with Gasteiger partial charge >= 0.3 is 0 Å². The van der Waals surface area contributed by atoms with Crippen molar-refractivity contribution in [2.24, 2.45) is 5.92 Å². The number of carbonyl (C=O) groups is 1. The molecule has 0 amide bonds. The van der Waals surface area contributed by atoms with Gasteiger partial charge in [-0.1, -0.05) is 6.07 Å². The fourth-order valence-electron chi connectivity index (χ4n) is 3.05. The van der Waals surface area contributed by atoms with Crippen molar-refractivity contribution in [2.45, 2.75) is 38.2 Å². The summed E-state index contributed by atoms with van der Waals surface area (Å²) in [5.41, 5.74) is 2.26. The molecule has 3 unspecified atom stereocenters. The van der Waals surface area contributed by atoms with Crippen LogP contribution in [0.15, 0.2) is 18.3 Å². The SMILES string of the molecule is CC1OCCC1C(=O)C1CCc2cccnc21. The van der Waals surface area contributed by atoms with E-state index in [2.05, 4.69) is 11.1 Å². The molecule has 17 heavy (non-hydrogen) atoms. The molecule has 2 heterocycles. The average molecular weight is 231 g/mol. The molecular weight excluding hydrogens is 214 g/mol. The molecule has 2 aliphatic rings. The molecule has 0 bridgehead atoms. The number of rotatable bonds is 2. The molecular formula is C14H17NO2. The number of carbonyl (C=O) groups excluding carboxylic acids is 1. The molecule has 1 aromatic heterocycles. The largest absolute Gasteiger partial charge is 0.378 e. The second-order valence-corrected chi connectivity index (χ2v) is 5.01. The van der Waals surface area contributed by atoms with Crippen molar-refractivity contribution in [3.8, 4) is 0 Å². The lowest BCUT2D eigenvalue weighted by Crippen LogP contribution is -2.26. The Kier molecular flexibility index (Phi) is 2.71. The van der Waals surface area contributed by atoms with Crippen LogP contribution in [-0.4, -0.2) is 23.5 Å². The van der Waals surface area contributed by atoms with Crippen molar-refractivity contribution in [2.75, 3.05) is 6.61 Å². The summed E-state index contributed by atoms with van der Waals surface area (Å²) >= 11 is 0. The molecule has 0 aromatic carbocycles. The Balaban J connectivity index is 1.84. The number of aryl methyl sites for hydroxylation is 1. The van der Waals surface area contributed by atoms with Crippen LogP contribution in [0.4, 0.5) is 0 Å². The van der Waals surface area contributed by atoms with Gasteiger partial charge in [0.05, 0.1) is 17.7 Å². The van der Waals surface area contributed by atoms with Gasteiger partial charge in [-0.3, -0.25) is 9.78 Å². The maximum atomic E-state index is 12.5. The molecule has 0 spiro atoms. The fraction of sp³-hybridized carbons (Fsp3) is 0.571. The van der Waals surface area contributed by atoms with E-state index >= 15 is 0 Å². The summed E-state index contributed by atoms with van der Waals surface area (Å²) in [5, 5.41) is 0. The van der Waals surface area contributed by atoms with Gasteiger partial charge < -0.3 is 4.74 Å². The topological polar surface area (TPSA) is 39.2 Å².